The van der Waals surface area contributed by atoms with Crippen LogP contribution < -0.4 is 37.6 Å². The van der Waals surface area contributed by atoms with Crippen molar-refractivity contribution >= 4 is 92.8 Å². The highest BCUT2D eigenvalue weighted by molar-refractivity contribution is 6.39. The van der Waals surface area contributed by atoms with Gasteiger partial charge in [-0.1, -0.05) is 75.4 Å². The third kappa shape index (κ3) is 26.5. The molecule has 11 heterocycles. The van der Waals surface area contributed by atoms with E-state index in [1.807, 2.05) is 75.7 Å². The van der Waals surface area contributed by atoms with Gasteiger partial charge in [-0.25, -0.2) is 39.4 Å². The largest absolute Gasteiger partial charge is 0.476 e. The van der Waals surface area contributed by atoms with Gasteiger partial charge in [0.2, 0.25) is 29.5 Å². The van der Waals surface area contributed by atoms with Crippen molar-refractivity contribution in [2.24, 2.45) is 29.4 Å². The average Bonchev–Trinajstić information content (AvgIpc) is 1.62. The summed E-state index contributed by atoms with van der Waals surface area (Å²) in [6.07, 6.45) is 19.3. The molecule has 2 aromatic carbocycles. The molecule has 14 rings (SSSR count). The fourth-order valence-corrected chi connectivity index (χ4v) is 19.2. The zero-order valence-corrected chi connectivity index (χ0v) is 79.3. The number of allylic oxidation sites excluding steroid dienone is 6. The van der Waals surface area contributed by atoms with Crippen LogP contribution in [-0.4, -0.2) is 293 Å². The van der Waals surface area contributed by atoms with E-state index in [9.17, 15) is 53.7 Å². The summed E-state index contributed by atoms with van der Waals surface area (Å²) in [6.45, 7) is 22.0. The summed E-state index contributed by atoms with van der Waals surface area (Å²) in [5.41, 5.74) is 27.9. The second kappa shape index (κ2) is 47.5. The predicted molar refractivity (Wildman–Crippen MR) is 510 cm³/mol. The van der Waals surface area contributed by atoms with Gasteiger partial charge in [0, 0.05) is 178 Å². The summed E-state index contributed by atoms with van der Waals surface area (Å²) in [6, 6.07) is 9.79. The molecule has 7 aliphatic rings. The van der Waals surface area contributed by atoms with Gasteiger partial charge in [0.25, 0.3) is 23.6 Å². The third-order valence-electron chi connectivity index (χ3n) is 27.3. The molecule has 736 valence electrons. The summed E-state index contributed by atoms with van der Waals surface area (Å²) in [5.74, 6) is -6.58. The van der Waals surface area contributed by atoms with Gasteiger partial charge in [-0.3, -0.25) is 38.5 Å². The Morgan fingerprint density at radius 2 is 1.46 bits per heavy atom. The quantitative estimate of drug-likeness (QED) is 0.00846. The van der Waals surface area contributed by atoms with Gasteiger partial charge in [0.15, 0.2) is 22.9 Å². The van der Waals surface area contributed by atoms with Crippen LogP contribution in [0.2, 0.25) is 0 Å². The third-order valence-corrected chi connectivity index (χ3v) is 27.3. The summed E-state index contributed by atoms with van der Waals surface area (Å²) >= 11 is 0. The number of hydrogen-bond donors (Lipinski definition) is 8. The van der Waals surface area contributed by atoms with Crippen molar-refractivity contribution < 1.29 is 86.5 Å². The maximum Gasteiger partial charge on any atom is 0.329 e. The minimum absolute atomic E-state index is 0.0241. The van der Waals surface area contributed by atoms with Crippen LogP contribution in [0.5, 0.6) is 0 Å². The van der Waals surface area contributed by atoms with Gasteiger partial charge in [-0.15, -0.1) is 0 Å². The molecule has 38 nitrogen and oxygen atoms in total. The van der Waals surface area contributed by atoms with Crippen molar-refractivity contribution in [2.75, 3.05) is 133 Å². The number of cyclic esters (lactones) is 1. The number of Topliss-reactive ketones (excluding diaryl/α,β-unsaturated/α-hetero) is 3. The number of piperidine rings is 1. The molecule has 137 heavy (non-hydrogen) atoms. The fraction of sp³-hybridized carbons (Fsp3) is 0.556. The molecule has 5 fully saturated rings. The first-order chi connectivity index (χ1) is 66.0. The molecule has 5 aromatic heterocycles. The molecule has 1 saturated carbocycles. The molecule has 4 saturated heterocycles. The number of aromatic nitrogens is 9. The number of aliphatic hydroxyl groups is 3. The number of nitrogens with two attached hydrogens (primary N) is 3. The number of nitrogens with zero attached hydrogens (tertiary/aromatic N) is 15. The number of ether oxygens (including phenoxy) is 6. The lowest BCUT2D eigenvalue weighted by Crippen LogP contribution is -2.58. The van der Waals surface area contributed by atoms with Gasteiger partial charge in [-0.05, 0) is 155 Å². The van der Waals surface area contributed by atoms with E-state index in [2.05, 4.69) is 80.1 Å². The van der Waals surface area contributed by atoms with Crippen LogP contribution in [0.1, 0.15) is 170 Å². The van der Waals surface area contributed by atoms with Crippen LogP contribution in [0.15, 0.2) is 132 Å². The molecular formula is C99H132N20O18. The van der Waals surface area contributed by atoms with Crippen LogP contribution in [0, 0.1) is 23.7 Å². The summed E-state index contributed by atoms with van der Waals surface area (Å²) in [7, 11) is 1.55. The fourth-order valence-electron chi connectivity index (χ4n) is 19.2. The van der Waals surface area contributed by atoms with E-state index >= 15 is 0 Å². The monoisotopic (exact) mass is 1890 g/mol. The first-order valence-electron chi connectivity index (χ1n) is 48.1. The van der Waals surface area contributed by atoms with Gasteiger partial charge in [0.1, 0.15) is 59.6 Å². The minimum Gasteiger partial charge on any atom is -0.476 e. The number of rotatable bonds is 27. The highest BCUT2D eigenvalue weighted by atomic mass is 16.6. The highest BCUT2D eigenvalue weighted by Crippen LogP contribution is 2.38. The van der Waals surface area contributed by atoms with E-state index in [-0.39, 0.29) is 112 Å². The summed E-state index contributed by atoms with van der Waals surface area (Å²) < 4.78 is 43.4. The number of methoxy groups -OCH3 is 1. The second-order valence-electron chi connectivity index (χ2n) is 37.3. The van der Waals surface area contributed by atoms with Crippen LogP contribution in [-0.2, 0) is 88.0 Å². The van der Waals surface area contributed by atoms with E-state index in [1.54, 1.807) is 51.8 Å². The number of piperazine rings is 2. The topological polar surface area (TPSA) is 495 Å². The maximum atomic E-state index is 14.6. The lowest BCUT2D eigenvalue weighted by molar-refractivity contribution is -0.245. The molecule has 0 spiro atoms. The van der Waals surface area contributed by atoms with Crippen LogP contribution in [0.4, 0.5) is 23.7 Å². The van der Waals surface area contributed by atoms with Crippen LogP contribution in [0.3, 0.4) is 0 Å². The van der Waals surface area contributed by atoms with Crippen LogP contribution >= 0.6 is 0 Å². The Morgan fingerprint density at radius 1 is 0.730 bits per heavy atom. The van der Waals surface area contributed by atoms with Crippen molar-refractivity contribution in [2.45, 2.75) is 218 Å². The first-order valence-corrected chi connectivity index (χ1v) is 48.1. The van der Waals surface area contributed by atoms with Gasteiger partial charge in [-0.2, -0.15) is 10.1 Å². The highest BCUT2D eigenvalue weighted by Gasteiger charge is 2.50. The summed E-state index contributed by atoms with van der Waals surface area (Å²) in [5, 5.41) is 46.0. The Labute approximate surface area is 797 Å². The number of carbonyl (C=O) groups excluding carboxylic acids is 8. The molecule has 0 radical (unpaired) electrons. The van der Waals surface area contributed by atoms with Crippen molar-refractivity contribution in [3.63, 3.8) is 0 Å². The smallest absolute Gasteiger partial charge is 0.329 e. The molecule has 2 bridgehead atoms. The Hall–Kier alpha value is -11.9. The Bertz CT molecular complexity index is 5510. The molecule has 0 unspecified atom stereocenters. The predicted octanol–water partition coefficient (Wildman–Crippen LogP) is 6.97. The minimum atomic E-state index is -2.45. The van der Waals surface area contributed by atoms with Gasteiger partial charge < -0.3 is 100 Å². The number of nitrogens with one attached hydrogen (secondary N) is 2. The van der Waals surface area contributed by atoms with Crippen molar-refractivity contribution in [3.8, 4) is 11.3 Å². The van der Waals surface area contributed by atoms with Crippen molar-refractivity contribution in [1.82, 2.24) is 74.9 Å². The lowest BCUT2D eigenvalue weighted by Gasteiger charge is -2.40. The number of oxazole rings is 1. The average molecular weight is 1890 g/mol. The number of fused-ring (bicyclic) bond motifs is 6. The molecule has 38 heteroatoms. The van der Waals surface area contributed by atoms with E-state index in [0.717, 1.165) is 57.9 Å². The Morgan fingerprint density at radius 3 is 2.21 bits per heavy atom. The molecule has 7 aromatic rings. The Kier molecular flexibility index (Phi) is 35.0. The Balaban J connectivity index is 0.449. The van der Waals surface area contributed by atoms with E-state index in [4.69, 9.17) is 55.1 Å². The SMILES string of the molecule is C=C(NCCOCCC(=O)NCc1cnc(N2CCN(C(=O)CCOCCN3CCN(c4ncc(C(=O)N5CCc6cc(Cn7nc(-c8ccc9oc(N)nc9c8)c8c(N)ncnc87)ccc6C5)cn4)CC3)CC2)nc1)O[C@H]1CC[C@H](C[C@@H](N)[C@@H]2CC(=O)[C@H](C)/C=C(\C)[C@@H](O)[C@@H](O)C(=O)[C@H](C)C[C@H](C)/C=C/C=C/C=C(\C)[C@@H](OC)C[C@@H]3CCC[C@@](O)(O3)C(=O)C(=O)N3CCCC[C@H]3C(=O)O2)CC1. The number of ketones is 3. The van der Waals surface area contributed by atoms with E-state index < -0.39 is 89.5 Å². The number of carbonyl (C=O) groups is 8. The molecule has 11 N–H and O–H groups in total. The zero-order valence-electron chi connectivity index (χ0n) is 79.3. The summed E-state index contributed by atoms with van der Waals surface area (Å²) in [4.78, 5) is 154. The number of anilines is 4. The zero-order chi connectivity index (χ0) is 97.0. The number of nitrogen functional groups attached to an aromatic ring is 2. The van der Waals surface area contributed by atoms with Crippen molar-refractivity contribution in [3.05, 3.63) is 155 Å². The van der Waals surface area contributed by atoms with E-state index in [1.165, 1.54) is 19.3 Å². The number of esters is 1. The second-order valence-corrected chi connectivity index (χ2v) is 37.3. The lowest BCUT2D eigenvalue weighted by atomic mass is 9.81. The standard InChI is InChI=1S/C99H132N20O18/c1-61-14-9-8-10-15-62(2)81(131-7)51-75-16-13-29-99(130,137-75)90(126)94(128)118-31-12-11-17-78(118)95(129)135-82(52-79(120)63(3)47-65(5)88(124)89(125)87(123)64(4)46-61)76(100)49-67-19-23-74(24-20-67)134-66(6)103-30-44-132-42-27-83(121)104-53-69-54-105-97(106-55-69)116-39-37-114(38-40-116)84(122)28-43-133-45-41-113-33-35-115(36-34-113)98-107-56-73(57-108-98)93(127)117-32-26-70-48-68(18-21-72(70)59-117)58-119-92-85(91(101)109-60-110-92)86(112-119)71-22-25-80-77(50-71)111-96(102)136-80/h8-10,14-15,18,21-22,25,47-48,50,54-57,60-61,63-64,67,74-76,78,81-82,88-89,103,124-125,130H,6,11-13,16-17,19-20,23-24,26-46,49,51-53,58-59,100H2,1-5,7H3,(H2,102,111)(H,104,121)(H2,101,109,110)/b10-8+,14-9+,62-15+,65-47+/t61-,63-,64-,67-,74-,75+,76-,78+,81+,82+,88-,89+,99-/m1/s1. The van der Waals surface area contributed by atoms with Crippen LogP contribution in [0.25, 0.3) is 33.4 Å². The molecular weight excluding hydrogens is 1760 g/mol. The molecule has 1 aliphatic carbocycles. The first kappa shape index (κ1) is 101. The van der Waals surface area contributed by atoms with Gasteiger partial charge in [0.05, 0.1) is 62.6 Å². The van der Waals surface area contributed by atoms with Crippen molar-refractivity contribution in [1.29, 1.82) is 0 Å². The van der Waals surface area contributed by atoms with E-state index in [0.29, 0.717) is 206 Å². The molecule has 4 amide bonds. The molecule has 11 atom stereocenters. The number of hydrogen-bond acceptors (Lipinski definition) is 33. The van der Waals surface area contributed by atoms with Gasteiger partial charge >= 0.3 is 5.97 Å². The maximum absolute atomic E-state index is 14.6. The number of benzene rings is 2. The number of amides is 4. The normalized spacial score (nSPS) is 26.2. The molecule has 6 aliphatic heterocycles. The number of aliphatic hydroxyl groups excluding tert-OH is 2.